The Morgan fingerprint density at radius 1 is 1.38 bits per heavy atom. The maximum absolute atomic E-state index is 11.3. The summed E-state index contributed by atoms with van der Waals surface area (Å²) in [5.41, 5.74) is -0.410. The third-order valence-corrected chi connectivity index (χ3v) is 6.75. The number of hydrogen-bond donors (Lipinski definition) is 1. The minimum atomic E-state index is -0.630. The van der Waals surface area contributed by atoms with Crippen molar-refractivity contribution in [3.05, 3.63) is 0 Å². The van der Waals surface area contributed by atoms with Gasteiger partial charge in [-0.05, 0) is 23.7 Å². The Labute approximate surface area is 86.8 Å². The molecular weight excluding hydrogens is 232 g/mol. The van der Waals surface area contributed by atoms with Crippen LogP contribution in [-0.4, -0.2) is 15.9 Å². The molecule has 0 amide bonds. The van der Waals surface area contributed by atoms with Crippen molar-refractivity contribution in [1.82, 2.24) is 0 Å². The van der Waals surface area contributed by atoms with Gasteiger partial charge in [0, 0.05) is 4.83 Å². The molecule has 0 heterocycles. The molecule has 0 aromatic carbocycles. The zero-order valence-corrected chi connectivity index (χ0v) is 9.81. The minimum Gasteiger partial charge on any atom is -0.481 e. The molecule has 2 bridgehead atoms. The van der Waals surface area contributed by atoms with E-state index in [1.165, 1.54) is 0 Å². The van der Waals surface area contributed by atoms with Crippen LogP contribution in [0.15, 0.2) is 0 Å². The van der Waals surface area contributed by atoms with Gasteiger partial charge in [-0.15, -0.1) is 0 Å². The number of halogens is 1. The Hall–Kier alpha value is -0.0500. The second-order valence-electron chi connectivity index (χ2n) is 5.18. The molecule has 3 aliphatic rings. The molecule has 0 spiro atoms. The molecular formula is C10H15BrO2. The van der Waals surface area contributed by atoms with E-state index in [9.17, 15) is 9.90 Å². The van der Waals surface area contributed by atoms with Gasteiger partial charge < -0.3 is 5.11 Å². The lowest BCUT2D eigenvalue weighted by Crippen LogP contribution is -2.67. The maximum atomic E-state index is 11.3. The third-order valence-electron chi connectivity index (χ3n) is 4.96. The van der Waals surface area contributed by atoms with Crippen LogP contribution in [0.1, 0.15) is 33.6 Å². The van der Waals surface area contributed by atoms with E-state index < -0.39 is 11.4 Å². The number of carboxylic acid groups (broad SMARTS) is 1. The van der Waals surface area contributed by atoms with E-state index in [1.54, 1.807) is 0 Å². The van der Waals surface area contributed by atoms with E-state index in [4.69, 9.17) is 0 Å². The largest absolute Gasteiger partial charge is 0.481 e. The smallest absolute Gasteiger partial charge is 0.311 e. The Bertz CT molecular complexity index is 287. The molecule has 0 unspecified atom stereocenters. The fourth-order valence-electron chi connectivity index (χ4n) is 3.43. The van der Waals surface area contributed by atoms with Crippen LogP contribution in [0.4, 0.5) is 0 Å². The highest BCUT2D eigenvalue weighted by Gasteiger charge is 2.80. The van der Waals surface area contributed by atoms with Crippen molar-refractivity contribution < 1.29 is 9.90 Å². The summed E-state index contributed by atoms with van der Waals surface area (Å²) in [7, 11) is 0. The Kier molecular flexibility index (Phi) is 1.56. The molecule has 1 N–H and O–H groups in total. The van der Waals surface area contributed by atoms with Crippen molar-refractivity contribution in [2.45, 2.75) is 38.4 Å². The van der Waals surface area contributed by atoms with Crippen LogP contribution in [0.3, 0.4) is 0 Å². The number of fused-ring (bicyclic) bond motifs is 1. The second-order valence-corrected chi connectivity index (χ2v) is 6.10. The number of alkyl halides is 1. The van der Waals surface area contributed by atoms with Gasteiger partial charge in [0.1, 0.15) is 0 Å². The van der Waals surface area contributed by atoms with Crippen molar-refractivity contribution in [1.29, 1.82) is 0 Å². The number of aliphatic carboxylic acids is 1. The molecule has 3 atom stereocenters. The van der Waals surface area contributed by atoms with Gasteiger partial charge in [0.15, 0.2) is 0 Å². The molecule has 3 saturated carbocycles. The number of carbonyl (C=O) groups is 1. The summed E-state index contributed by atoms with van der Waals surface area (Å²) in [6.07, 6.45) is 1.85. The van der Waals surface area contributed by atoms with Gasteiger partial charge in [0.25, 0.3) is 0 Å². The van der Waals surface area contributed by atoms with Crippen LogP contribution < -0.4 is 0 Å². The van der Waals surface area contributed by atoms with Gasteiger partial charge in [-0.2, -0.15) is 0 Å². The molecule has 0 radical (unpaired) electrons. The highest BCUT2D eigenvalue weighted by Crippen LogP contribution is 2.79. The lowest BCUT2D eigenvalue weighted by Gasteiger charge is -2.63. The zero-order valence-electron chi connectivity index (χ0n) is 8.22. The molecule has 13 heavy (non-hydrogen) atoms. The average Bonchev–Trinajstić information content (AvgIpc) is 2.39. The number of rotatable bonds is 1. The van der Waals surface area contributed by atoms with Crippen molar-refractivity contribution in [3.63, 3.8) is 0 Å². The molecule has 0 saturated heterocycles. The van der Waals surface area contributed by atoms with E-state index >= 15 is 0 Å². The van der Waals surface area contributed by atoms with E-state index in [0.29, 0.717) is 0 Å². The fraction of sp³-hybridized carbons (Fsp3) is 0.900. The SMILES string of the molecule is CC1(C)[C@]2(C(=O)O)CC[C@]1(C)[C@@H]2Br. The van der Waals surface area contributed by atoms with Gasteiger partial charge in [0.05, 0.1) is 5.41 Å². The summed E-state index contributed by atoms with van der Waals surface area (Å²) in [6.45, 7) is 6.37. The molecule has 74 valence electrons. The van der Waals surface area contributed by atoms with Gasteiger partial charge in [-0.1, -0.05) is 36.7 Å². The Morgan fingerprint density at radius 3 is 2.08 bits per heavy atom. The van der Waals surface area contributed by atoms with E-state index in [-0.39, 0.29) is 15.7 Å². The molecule has 3 heteroatoms. The quantitative estimate of drug-likeness (QED) is 0.723. The second kappa shape index (κ2) is 2.13. The first-order chi connectivity index (χ1) is 5.81. The molecule has 0 aromatic heterocycles. The minimum absolute atomic E-state index is 0.0694. The van der Waals surface area contributed by atoms with E-state index in [2.05, 4.69) is 36.7 Å². The van der Waals surface area contributed by atoms with E-state index in [1.807, 2.05) is 0 Å². The van der Waals surface area contributed by atoms with Crippen molar-refractivity contribution in [2.24, 2.45) is 16.2 Å². The first kappa shape index (κ1) is 9.50. The lowest BCUT2D eigenvalue weighted by atomic mass is 9.44. The number of carboxylic acids is 1. The third kappa shape index (κ3) is 0.641. The number of hydrogen-bond acceptors (Lipinski definition) is 1. The van der Waals surface area contributed by atoms with Gasteiger partial charge in [0.2, 0.25) is 0 Å². The predicted octanol–water partition coefficient (Wildman–Crippen LogP) is 2.66. The fourth-order valence-corrected chi connectivity index (χ4v) is 5.23. The highest BCUT2D eigenvalue weighted by molar-refractivity contribution is 9.09. The van der Waals surface area contributed by atoms with Crippen LogP contribution >= 0.6 is 15.9 Å². The monoisotopic (exact) mass is 246 g/mol. The van der Waals surface area contributed by atoms with Gasteiger partial charge in [-0.3, -0.25) is 4.79 Å². The molecule has 3 fully saturated rings. The van der Waals surface area contributed by atoms with Crippen LogP contribution in [0, 0.1) is 16.2 Å². The average molecular weight is 247 g/mol. The summed E-state index contributed by atoms with van der Waals surface area (Å²) in [4.78, 5) is 11.5. The predicted molar refractivity (Wildman–Crippen MR) is 53.9 cm³/mol. The van der Waals surface area contributed by atoms with Crippen LogP contribution in [0.2, 0.25) is 0 Å². The summed E-state index contributed by atoms with van der Waals surface area (Å²) in [6, 6.07) is 0. The van der Waals surface area contributed by atoms with Crippen molar-refractivity contribution in [3.8, 4) is 0 Å². The summed E-state index contributed by atoms with van der Waals surface area (Å²) in [5.74, 6) is -0.630. The Balaban J connectivity index is 2.50. The summed E-state index contributed by atoms with van der Waals surface area (Å²) in [5, 5.41) is 9.30. The van der Waals surface area contributed by atoms with Crippen molar-refractivity contribution >= 4 is 21.9 Å². The normalized spacial score (nSPS) is 51.5. The molecule has 3 rings (SSSR count). The zero-order chi connectivity index (χ0) is 10.1. The first-order valence-corrected chi connectivity index (χ1v) is 5.60. The van der Waals surface area contributed by atoms with Gasteiger partial charge >= 0.3 is 5.97 Å². The van der Waals surface area contributed by atoms with Crippen molar-refractivity contribution in [2.75, 3.05) is 0 Å². The lowest BCUT2D eigenvalue weighted by molar-refractivity contribution is -0.179. The standard InChI is InChI=1S/C10H15BrO2/c1-8(2)9(3)4-5-10(8,6(9)11)7(12)13/h6H,4-5H2,1-3H3,(H,12,13)/t6-,9+,10+/m0/s1. The first-order valence-electron chi connectivity index (χ1n) is 4.68. The molecule has 3 aliphatic carbocycles. The van der Waals surface area contributed by atoms with Crippen LogP contribution in [-0.2, 0) is 4.79 Å². The van der Waals surface area contributed by atoms with Crippen LogP contribution in [0.25, 0.3) is 0 Å². The maximum Gasteiger partial charge on any atom is 0.311 e. The van der Waals surface area contributed by atoms with Crippen LogP contribution in [0.5, 0.6) is 0 Å². The van der Waals surface area contributed by atoms with E-state index in [0.717, 1.165) is 12.8 Å². The summed E-state index contributed by atoms with van der Waals surface area (Å²) < 4.78 is 0. The highest BCUT2D eigenvalue weighted by atomic mass is 79.9. The molecule has 0 aromatic rings. The molecule has 0 aliphatic heterocycles. The molecule has 2 nitrogen and oxygen atoms in total. The topological polar surface area (TPSA) is 37.3 Å². The summed E-state index contributed by atoms with van der Waals surface area (Å²) >= 11 is 3.56. The Morgan fingerprint density at radius 2 is 1.92 bits per heavy atom. The van der Waals surface area contributed by atoms with Gasteiger partial charge in [-0.25, -0.2) is 0 Å².